The Morgan fingerprint density at radius 3 is 2.38 bits per heavy atom. The van der Waals surface area contributed by atoms with Gasteiger partial charge in [0.2, 0.25) is 0 Å². The lowest BCUT2D eigenvalue weighted by molar-refractivity contribution is -0.136. The summed E-state index contributed by atoms with van der Waals surface area (Å²) in [5, 5.41) is 4.80. The van der Waals surface area contributed by atoms with E-state index >= 15 is 0 Å². The topological polar surface area (TPSA) is 76.7 Å². The largest absolute Gasteiger partial charge is 0.497 e. The SMILES string of the molecule is COc1ccc(C2(CNC(=O)C(=O)Nc3ccc(F)cc3F)CCOCC2)cc1. The first-order valence-corrected chi connectivity index (χ1v) is 9.20. The van der Waals surface area contributed by atoms with Crippen LogP contribution >= 0.6 is 0 Å². The molecule has 1 heterocycles. The first kappa shape index (κ1) is 20.7. The molecule has 0 unspecified atom stereocenters. The number of amides is 2. The van der Waals surface area contributed by atoms with Gasteiger partial charge in [-0.3, -0.25) is 9.59 Å². The maximum atomic E-state index is 13.7. The summed E-state index contributed by atoms with van der Waals surface area (Å²) in [6.07, 6.45) is 1.35. The fraction of sp³-hybridized carbons (Fsp3) is 0.333. The maximum Gasteiger partial charge on any atom is 0.313 e. The number of halogens is 2. The van der Waals surface area contributed by atoms with E-state index in [2.05, 4.69) is 10.6 Å². The lowest BCUT2D eigenvalue weighted by Gasteiger charge is -2.38. The lowest BCUT2D eigenvalue weighted by Crippen LogP contribution is -2.47. The monoisotopic (exact) mass is 404 g/mol. The number of anilines is 1. The summed E-state index contributed by atoms with van der Waals surface area (Å²) in [6, 6.07) is 10.3. The molecule has 1 aliphatic rings. The van der Waals surface area contributed by atoms with Gasteiger partial charge in [-0.05, 0) is 42.7 Å². The Morgan fingerprint density at radius 1 is 1.07 bits per heavy atom. The molecule has 0 atom stereocenters. The maximum absolute atomic E-state index is 13.7. The quantitative estimate of drug-likeness (QED) is 0.752. The molecule has 1 aliphatic heterocycles. The Labute approximate surface area is 167 Å². The summed E-state index contributed by atoms with van der Waals surface area (Å²) >= 11 is 0. The highest BCUT2D eigenvalue weighted by molar-refractivity contribution is 6.39. The predicted molar refractivity (Wildman–Crippen MR) is 103 cm³/mol. The van der Waals surface area contributed by atoms with Gasteiger partial charge in [-0.2, -0.15) is 0 Å². The molecule has 2 amide bonds. The van der Waals surface area contributed by atoms with E-state index < -0.39 is 23.4 Å². The van der Waals surface area contributed by atoms with E-state index in [1.165, 1.54) is 0 Å². The third-order valence-electron chi connectivity index (χ3n) is 5.13. The third-order valence-corrected chi connectivity index (χ3v) is 5.13. The van der Waals surface area contributed by atoms with Crippen LogP contribution in [0.4, 0.5) is 14.5 Å². The Kier molecular flexibility index (Phi) is 6.43. The van der Waals surface area contributed by atoms with Gasteiger partial charge in [-0.25, -0.2) is 8.78 Å². The van der Waals surface area contributed by atoms with Crippen molar-refractivity contribution in [2.24, 2.45) is 0 Å². The first-order chi connectivity index (χ1) is 13.9. The van der Waals surface area contributed by atoms with Crippen LogP contribution in [-0.4, -0.2) is 38.7 Å². The van der Waals surface area contributed by atoms with Gasteiger partial charge in [0.15, 0.2) is 0 Å². The highest BCUT2D eigenvalue weighted by Gasteiger charge is 2.35. The second-order valence-electron chi connectivity index (χ2n) is 6.88. The molecule has 2 N–H and O–H groups in total. The van der Waals surface area contributed by atoms with Crippen LogP contribution in [0, 0.1) is 11.6 Å². The van der Waals surface area contributed by atoms with Gasteiger partial charge in [0.25, 0.3) is 0 Å². The number of carbonyl (C=O) groups excluding carboxylic acids is 2. The number of rotatable bonds is 5. The van der Waals surface area contributed by atoms with Gasteiger partial charge in [-0.15, -0.1) is 0 Å². The summed E-state index contributed by atoms with van der Waals surface area (Å²) in [5.41, 5.74) is 0.357. The number of benzene rings is 2. The molecular weight excluding hydrogens is 382 g/mol. The normalized spacial score (nSPS) is 15.4. The Balaban J connectivity index is 1.68. The van der Waals surface area contributed by atoms with Crippen LogP contribution in [-0.2, 0) is 19.7 Å². The summed E-state index contributed by atoms with van der Waals surface area (Å²) in [5.74, 6) is -2.92. The molecule has 154 valence electrons. The van der Waals surface area contributed by atoms with Gasteiger partial charge in [0.1, 0.15) is 17.4 Å². The van der Waals surface area contributed by atoms with Crippen molar-refractivity contribution in [1.82, 2.24) is 5.32 Å². The molecule has 0 radical (unpaired) electrons. The number of hydrogen-bond donors (Lipinski definition) is 2. The Hall–Kier alpha value is -3.00. The van der Waals surface area contributed by atoms with E-state index in [4.69, 9.17) is 9.47 Å². The fourth-order valence-corrected chi connectivity index (χ4v) is 3.37. The van der Waals surface area contributed by atoms with Gasteiger partial charge < -0.3 is 20.1 Å². The number of hydrogen-bond acceptors (Lipinski definition) is 4. The number of ether oxygens (including phenoxy) is 2. The van der Waals surface area contributed by atoms with Crippen LogP contribution in [0.2, 0.25) is 0 Å². The van der Waals surface area contributed by atoms with Crippen LogP contribution in [0.25, 0.3) is 0 Å². The van der Waals surface area contributed by atoms with Crippen molar-refractivity contribution in [1.29, 1.82) is 0 Å². The summed E-state index contributed by atoms with van der Waals surface area (Å²) in [6.45, 7) is 1.30. The van der Waals surface area contributed by atoms with E-state index in [0.717, 1.165) is 23.4 Å². The average Bonchev–Trinajstić information content (AvgIpc) is 2.74. The molecule has 0 bridgehead atoms. The minimum absolute atomic E-state index is 0.223. The molecule has 8 heteroatoms. The molecular formula is C21H22F2N2O4. The van der Waals surface area contributed by atoms with Crippen molar-refractivity contribution >= 4 is 17.5 Å². The molecule has 29 heavy (non-hydrogen) atoms. The molecule has 1 saturated heterocycles. The van der Waals surface area contributed by atoms with Crippen molar-refractivity contribution in [3.8, 4) is 5.75 Å². The minimum Gasteiger partial charge on any atom is -0.497 e. The van der Waals surface area contributed by atoms with Crippen LogP contribution in [0.15, 0.2) is 42.5 Å². The number of carbonyl (C=O) groups is 2. The zero-order valence-corrected chi connectivity index (χ0v) is 16.0. The highest BCUT2D eigenvalue weighted by atomic mass is 19.1. The van der Waals surface area contributed by atoms with Gasteiger partial charge in [0, 0.05) is 31.2 Å². The van der Waals surface area contributed by atoms with Crippen LogP contribution in [0.5, 0.6) is 5.75 Å². The average molecular weight is 404 g/mol. The van der Waals surface area contributed by atoms with E-state index in [9.17, 15) is 18.4 Å². The van der Waals surface area contributed by atoms with E-state index in [1.807, 2.05) is 24.3 Å². The molecule has 6 nitrogen and oxygen atoms in total. The lowest BCUT2D eigenvalue weighted by atomic mass is 9.74. The second kappa shape index (κ2) is 9.00. The predicted octanol–water partition coefficient (Wildman–Crippen LogP) is 2.78. The van der Waals surface area contributed by atoms with Crippen molar-refractivity contribution in [2.45, 2.75) is 18.3 Å². The standard InChI is InChI=1S/C21H22F2N2O4/c1-28-16-5-2-14(3-6-16)21(8-10-29-11-9-21)13-24-19(26)20(27)25-18-7-4-15(22)12-17(18)23/h2-7,12H,8-11,13H2,1H3,(H,24,26)(H,25,27). The van der Waals surface area contributed by atoms with Crippen LogP contribution in [0.3, 0.4) is 0 Å². The summed E-state index contributed by atoms with van der Waals surface area (Å²) < 4.78 is 37.3. The minimum atomic E-state index is -1.02. The third kappa shape index (κ3) is 4.89. The zero-order chi connectivity index (χ0) is 20.9. The molecule has 0 spiro atoms. The molecule has 3 rings (SSSR count). The van der Waals surface area contributed by atoms with Crippen molar-refractivity contribution in [3.05, 3.63) is 59.7 Å². The second-order valence-corrected chi connectivity index (χ2v) is 6.88. The smallest absolute Gasteiger partial charge is 0.313 e. The molecule has 0 aliphatic carbocycles. The van der Waals surface area contributed by atoms with Crippen LogP contribution < -0.4 is 15.4 Å². The Morgan fingerprint density at radius 2 is 1.76 bits per heavy atom. The molecule has 1 fully saturated rings. The molecule has 2 aromatic carbocycles. The molecule has 2 aromatic rings. The van der Waals surface area contributed by atoms with E-state index in [0.29, 0.717) is 32.1 Å². The zero-order valence-electron chi connectivity index (χ0n) is 16.0. The van der Waals surface area contributed by atoms with Crippen molar-refractivity contribution < 1.29 is 27.8 Å². The summed E-state index contributed by atoms with van der Waals surface area (Å²) in [7, 11) is 1.59. The van der Waals surface area contributed by atoms with Gasteiger partial charge >= 0.3 is 11.8 Å². The van der Waals surface area contributed by atoms with E-state index in [-0.39, 0.29) is 17.6 Å². The van der Waals surface area contributed by atoms with E-state index in [1.54, 1.807) is 7.11 Å². The highest BCUT2D eigenvalue weighted by Crippen LogP contribution is 2.35. The van der Waals surface area contributed by atoms with Crippen LogP contribution in [0.1, 0.15) is 18.4 Å². The van der Waals surface area contributed by atoms with Crippen molar-refractivity contribution in [3.63, 3.8) is 0 Å². The molecule has 0 saturated carbocycles. The Bertz CT molecular complexity index is 881. The molecule has 0 aromatic heterocycles. The van der Waals surface area contributed by atoms with Gasteiger partial charge in [0.05, 0.1) is 12.8 Å². The number of nitrogens with one attached hydrogen (secondary N) is 2. The van der Waals surface area contributed by atoms with Crippen molar-refractivity contribution in [2.75, 3.05) is 32.2 Å². The fourth-order valence-electron chi connectivity index (χ4n) is 3.37. The summed E-state index contributed by atoms with van der Waals surface area (Å²) in [4.78, 5) is 24.4. The first-order valence-electron chi connectivity index (χ1n) is 9.20. The van der Waals surface area contributed by atoms with Gasteiger partial charge in [-0.1, -0.05) is 12.1 Å². The number of methoxy groups -OCH3 is 1.